The minimum atomic E-state index is -4.51. The van der Waals surface area contributed by atoms with Gasteiger partial charge in [-0.1, -0.05) is 13.3 Å². The molecule has 1 unspecified atom stereocenters. The van der Waals surface area contributed by atoms with E-state index in [1.54, 1.807) is 13.8 Å². The molecular formula is C18H23F4NO. The predicted molar refractivity (Wildman–Crippen MR) is 86.3 cm³/mol. The van der Waals surface area contributed by atoms with Gasteiger partial charge in [-0.3, -0.25) is 0 Å². The number of rotatable bonds is 5. The highest BCUT2D eigenvalue weighted by molar-refractivity contribution is 5.69. The molecule has 0 saturated heterocycles. The van der Waals surface area contributed by atoms with Gasteiger partial charge in [-0.15, -0.1) is 0 Å². The van der Waals surface area contributed by atoms with Crippen LogP contribution in [0.2, 0.25) is 0 Å². The van der Waals surface area contributed by atoms with Gasteiger partial charge in [-0.25, -0.2) is 4.39 Å². The third kappa shape index (κ3) is 3.37. The first-order chi connectivity index (χ1) is 11.2. The average molecular weight is 345 g/mol. The van der Waals surface area contributed by atoms with E-state index >= 15 is 4.39 Å². The molecule has 1 atom stereocenters. The molecule has 0 N–H and O–H groups in total. The first-order valence-corrected chi connectivity index (χ1v) is 8.14. The zero-order valence-corrected chi connectivity index (χ0v) is 14.4. The van der Waals surface area contributed by atoms with Crippen molar-refractivity contribution in [2.24, 2.45) is 0 Å². The largest absolute Gasteiger partial charge is 0.497 e. The lowest BCUT2D eigenvalue weighted by Gasteiger charge is -2.43. The molecule has 0 bridgehead atoms. The fourth-order valence-electron chi connectivity index (χ4n) is 3.20. The van der Waals surface area contributed by atoms with Crippen LogP contribution in [0.15, 0.2) is 23.9 Å². The van der Waals surface area contributed by atoms with Crippen molar-refractivity contribution in [1.29, 1.82) is 0 Å². The van der Waals surface area contributed by atoms with Crippen LogP contribution >= 0.6 is 0 Å². The van der Waals surface area contributed by atoms with Crippen LogP contribution in [0.5, 0.6) is 5.75 Å². The van der Waals surface area contributed by atoms with Crippen molar-refractivity contribution in [3.05, 3.63) is 35.0 Å². The summed E-state index contributed by atoms with van der Waals surface area (Å²) in [7, 11) is 1.38. The minimum absolute atomic E-state index is 0.0149. The molecule has 0 aromatic heterocycles. The summed E-state index contributed by atoms with van der Waals surface area (Å²) in [5.74, 6) is -0.271. The van der Waals surface area contributed by atoms with Crippen molar-refractivity contribution in [3.8, 4) is 5.75 Å². The molecule has 0 saturated carbocycles. The van der Waals surface area contributed by atoms with E-state index in [2.05, 4.69) is 0 Å². The summed E-state index contributed by atoms with van der Waals surface area (Å²) in [6, 6.07) is 1.82. The topological polar surface area (TPSA) is 12.5 Å². The molecule has 1 aliphatic rings. The van der Waals surface area contributed by atoms with Crippen LogP contribution in [0.4, 0.5) is 17.6 Å². The molecule has 1 heterocycles. The van der Waals surface area contributed by atoms with Gasteiger partial charge in [0.2, 0.25) is 0 Å². The SMILES string of the molecule is CCCCC1=C(F)c2ccc(OC)cc2C(C(F)(F)F)N1C(C)C. The first kappa shape index (κ1) is 18.6. The van der Waals surface area contributed by atoms with E-state index in [1.807, 2.05) is 6.92 Å². The maximum absolute atomic E-state index is 15.0. The highest BCUT2D eigenvalue weighted by atomic mass is 19.4. The van der Waals surface area contributed by atoms with Gasteiger partial charge in [0, 0.05) is 11.6 Å². The summed E-state index contributed by atoms with van der Waals surface area (Å²) in [4.78, 5) is 1.17. The lowest BCUT2D eigenvalue weighted by molar-refractivity contribution is -0.186. The van der Waals surface area contributed by atoms with Gasteiger partial charge in [0.25, 0.3) is 0 Å². The van der Waals surface area contributed by atoms with E-state index in [4.69, 9.17) is 4.74 Å². The van der Waals surface area contributed by atoms with Gasteiger partial charge < -0.3 is 9.64 Å². The fourth-order valence-corrected chi connectivity index (χ4v) is 3.20. The van der Waals surface area contributed by atoms with Gasteiger partial charge in [-0.05, 0) is 50.5 Å². The highest BCUT2D eigenvalue weighted by Crippen LogP contribution is 2.50. The Morgan fingerprint density at radius 1 is 1.25 bits per heavy atom. The van der Waals surface area contributed by atoms with Gasteiger partial charge in [0.15, 0.2) is 6.04 Å². The zero-order valence-electron chi connectivity index (χ0n) is 14.4. The number of fused-ring (bicyclic) bond motifs is 1. The Morgan fingerprint density at radius 2 is 1.92 bits per heavy atom. The van der Waals surface area contributed by atoms with Crippen LogP contribution in [0.25, 0.3) is 5.83 Å². The predicted octanol–water partition coefficient (Wildman–Crippen LogP) is 5.85. The molecular weight excluding hydrogens is 322 g/mol. The van der Waals surface area contributed by atoms with Crippen molar-refractivity contribution < 1.29 is 22.3 Å². The number of unbranched alkanes of at least 4 members (excludes halogenated alkanes) is 1. The maximum atomic E-state index is 15.0. The van der Waals surface area contributed by atoms with Gasteiger partial charge in [0.1, 0.15) is 11.6 Å². The zero-order chi connectivity index (χ0) is 18.1. The molecule has 6 heteroatoms. The van der Waals surface area contributed by atoms with Crippen LogP contribution < -0.4 is 4.74 Å². The normalized spacial score (nSPS) is 18.2. The lowest BCUT2D eigenvalue weighted by atomic mass is 9.89. The summed E-state index contributed by atoms with van der Waals surface area (Å²) in [5.41, 5.74) is 0.0706. The summed E-state index contributed by atoms with van der Waals surface area (Å²) in [6.45, 7) is 5.24. The van der Waals surface area contributed by atoms with Crippen LogP contribution in [0, 0.1) is 0 Å². The molecule has 1 aromatic rings. The summed E-state index contributed by atoms with van der Waals surface area (Å²) in [5, 5.41) is 0. The van der Waals surface area contributed by atoms with Gasteiger partial charge in [0.05, 0.1) is 12.8 Å². The molecule has 2 nitrogen and oxygen atoms in total. The van der Waals surface area contributed by atoms with Crippen molar-refractivity contribution in [1.82, 2.24) is 4.90 Å². The molecule has 0 radical (unpaired) electrons. The number of halogens is 4. The Labute approximate surface area is 140 Å². The van der Waals surface area contributed by atoms with E-state index in [0.29, 0.717) is 12.8 Å². The van der Waals surface area contributed by atoms with Crippen LogP contribution in [-0.2, 0) is 0 Å². The molecule has 134 valence electrons. The van der Waals surface area contributed by atoms with Crippen molar-refractivity contribution in [3.63, 3.8) is 0 Å². The number of ether oxygens (including phenoxy) is 1. The standard InChI is InChI=1S/C18H23F4NO/c1-5-6-7-15-16(19)13-9-8-12(24-4)10-14(13)17(18(20,21)22)23(15)11(2)3/h8-11,17H,5-7H2,1-4H3. The minimum Gasteiger partial charge on any atom is -0.497 e. The van der Waals surface area contributed by atoms with Crippen LogP contribution in [0.1, 0.15) is 57.2 Å². The smallest absolute Gasteiger partial charge is 0.413 e. The Hall–Kier alpha value is -1.72. The van der Waals surface area contributed by atoms with Crippen molar-refractivity contribution >= 4 is 5.83 Å². The summed E-state index contributed by atoms with van der Waals surface area (Å²) in [6.07, 6.45) is -2.79. The molecule has 0 spiro atoms. The van der Waals surface area contributed by atoms with E-state index in [1.165, 1.54) is 30.2 Å². The van der Waals surface area contributed by atoms with Crippen LogP contribution in [-0.4, -0.2) is 24.2 Å². The Kier molecular flexibility index (Phi) is 5.45. The number of allylic oxidation sites excluding steroid dienone is 1. The number of hydrogen-bond acceptors (Lipinski definition) is 2. The number of alkyl halides is 3. The number of hydrogen-bond donors (Lipinski definition) is 0. The Balaban J connectivity index is 2.70. The van der Waals surface area contributed by atoms with Crippen molar-refractivity contribution in [2.75, 3.05) is 7.11 Å². The number of nitrogens with zero attached hydrogens (tertiary/aromatic N) is 1. The number of methoxy groups -OCH3 is 1. The molecule has 1 aliphatic heterocycles. The van der Waals surface area contributed by atoms with Gasteiger partial charge >= 0.3 is 6.18 Å². The maximum Gasteiger partial charge on any atom is 0.413 e. The summed E-state index contributed by atoms with van der Waals surface area (Å²) >= 11 is 0. The molecule has 2 rings (SSSR count). The first-order valence-electron chi connectivity index (χ1n) is 8.14. The second-order valence-corrected chi connectivity index (χ2v) is 6.26. The Bertz CT molecular complexity index is 622. The molecule has 24 heavy (non-hydrogen) atoms. The second-order valence-electron chi connectivity index (χ2n) is 6.26. The van der Waals surface area contributed by atoms with E-state index < -0.39 is 24.1 Å². The number of benzene rings is 1. The van der Waals surface area contributed by atoms with Crippen LogP contribution in [0.3, 0.4) is 0 Å². The molecule has 0 aliphatic carbocycles. The van der Waals surface area contributed by atoms with E-state index in [9.17, 15) is 13.2 Å². The van der Waals surface area contributed by atoms with E-state index in [-0.39, 0.29) is 22.6 Å². The lowest BCUT2D eigenvalue weighted by Crippen LogP contribution is -2.44. The average Bonchev–Trinajstić information content (AvgIpc) is 2.51. The highest BCUT2D eigenvalue weighted by Gasteiger charge is 2.50. The quantitative estimate of drug-likeness (QED) is 0.621. The molecule has 1 aromatic carbocycles. The van der Waals surface area contributed by atoms with Crippen molar-refractivity contribution in [2.45, 2.75) is 58.3 Å². The third-order valence-corrected chi connectivity index (χ3v) is 4.27. The molecule has 0 amide bonds. The molecule has 0 fully saturated rings. The Morgan fingerprint density at radius 3 is 2.42 bits per heavy atom. The monoisotopic (exact) mass is 345 g/mol. The summed E-state index contributed by atoms with van der Waals surface area (Å²) < 4.78 is 61.6. The third-order valence-electron chi connectivity index (χ3n) is 4.27. The van der Waals surface area contributed by atoms with Gasteiger partial charge in [-0.2, -0.15) is 13.2 Å². The fraction of sp³-hybridized carbons (Fsp3) is 0.556. The van der Waals surface area contributed by atoms with E-state index in [0.717, 1.165) is 6.42 Å². The second kappa shape index (κ2) is 7.03.